The topological polar surface area (TPSA) is 46.2 Å². The van der Waals surface area contributed by atoms with Crippen LogP contribution in [0.4, 0.5) is 32.0 Å². The van der Waals surface area contributed by atoms with Gasteiger partial charge >= 0.3 is 12.4 Å². The molecule has 17 heavy (non-hydrogen) atoms. The van der Waals surface area contributed by atoms with Gasteiger partial charge in [0, 0.05) is 0 Å². The van der Waals surface area contributed by atoms with Gasteiger partial charge in [0.05, 0.1) is 11.3 Å². The van der Waals surface area contributed by atoms with Crippen molar-refractivity contribution < 1.29 is 31.4 Å². The third kappa shape index (κ3) is 2.10. The van der Waals surface area contributed by atoms with Crippen LogP contribution in [-0.4, -0.2) is 17.5 Å². The third-order valence-electron chi connectivity index (χ3n) is 1.98. The van der Waals surface area contributed by atoms with Crippen LogP contribution in [0, 0.1) is 12.1 Å². The molecular weight excluding hydrogens is 252 g/mol. The third-order valence-corrected chi connectivity index (χ3v) is 1.98. The Balaban J connectivity index is 3.41. The van der Waals surface area contributed by atoms with E-state index in [0.717, 1.165) is 6.07 Å². The molecular formula is C9H5F6NO. The zero-order chi connectivity index (χ0) is 13.5. The van der Waals surface area contributed by atoms with Crippen LogP contribution < -0.4 is 5.73 Å². The lowest BCUT2D eigenvalue weighted by Crippen LogP contribution is -2.53. The summed E-state index contributed by atoms with van der Waals surface area (Å²) in [4.78, 5) is 0. The minimum Gasteiger partial charge on any atom is -0.392 e. The summed E-state index contributed by atoms with van der Waals surface area (Å²) in [7, 11) is 0. The van der Waals surface area contributed by atoms with Crippen LogP contribution in [0.25, 0.3) is 0 Å². The first kappa shape index (κ1) is 13.4. The number of aliphatic hydroxyl groups is 1. The van der Waals surface area contributed by atoms with Gasteiger partial charge in [0.15, 0.2) is 0 Å². The van der Waals surface area contributed by atoms with Crippen LogP contribution in [0.2, 0.25) is 0 Å². The molecule has 0 amide bonds. The van der Waals surface area contributed by atoms with Gasteiger partial charge in [0.25, 0.3) is 5.60 Å². The summed E-state index contributed by atoms with van der Waals surface area (Å²) in [5, 5.41) is 8.90. The van der Waals surface area contributed by atoms with E-state index in [9.17, 15) is 26.3 Å². The molecule has 1 rings (SSSR count). The van der Waals surface area contributed by atoms with E-state index in [0.29, 0.717) is 6.07 Å². The zero-order valence-electron chi connectivity index (χ0n) is 7.95. The van der Waals surface area contributed by atoms with Crippen molar-refractivity contribution in [2.75, 3.05) is 5.73 Å². The molecule has 0 unspecified atom stereocenters. The highest BCUT2D eigenvalue weighted by Crippen LogP contribution is 2.49. The molecule has 1 aromatic rings. The first-order valence-corrected chi connectivity index (χ1v) is 4.06. The van der Waals surface area contributed by atoms with Crippen LogP contribution >= 0.6 is 0 Å². The highest BCUT2D eigenvalue weighted by atomic mass is 19.4. The number of nitrogen functional groups attached to an aromatic ring is 1. The smallest absolute Gasteiger partial charge is 0.392 e. The van der Waals surface area contributed by atoms with E-state index >= 15 is 0 Å². The lowest BCUT2D eigenvalue weighted by atomic mass is 9.93. The van der Waals surface area contributed by atoms with Crippen molar-refractivity contribution in [2.24, 2.45) is 0 Å². The number of hydrogen-bond acceptors (Lipinski definition) is 2. The van der Waals surface area contributed by atoms with Crippen molar-refractivity contribution in [3.8, 4) is 0 Å². The number of halogens is 6. The maximum absolute atomic E-state index is 12.4. The van der Waals surface area contributed by atoms with Crippen molar-refractivity contribution in [3.63, 3.8) is 0 Å². The average molecular weight is 257 g/mol. The molecule has 0 heterocycles. The largest absolute Gasteiger partial charge is 0.431 e. The van der Waals surface area contributed by atoms with E-state index < -0.39 is 23.5 Å². The van der Waals surface area contributed by atoms with Gasteiger partial charge in [0.1, 0.15) is 0 Å². The Morgan fingerprint density at radius 3 is 1.71 bits per heavy atom. The summed E-state index contributed by atoms with van der Waals surface area (Å²) in [6.45, 7) is 0. The molecule has 0 spiro atoms. The van der Waals surface area contributed by atoms with Crippen molar-refractivity contribution >= 4 is 5.69 Å². The second kappa shape index (κ2) is 3.70. The van der Waals surface area contributed by atoms with E-state index in [1.54, 1.807) is 6.07 Å². The van der Waals surface area contributed by atoms with E-state index in [4.69, 9.17) is 10.8 Å². The fourth-order valence-electron chi connectivity index (χ4n) is 1.07. The summed E-state index contributed by atoms with van der Waals surface area (Å²) in [5.74, 6) is 0. The quantitative estimate of drug-likeness (QED) is 0.757. The Hall–Kier alpha value is -1.62. The van der Waals surface area contributed by atoms with Crippen LogP contribution in [0.1, 0.15) is 5.56 Å². The van der Waals surface area contributed by atoms with E-state index in [1.807, 2.05) is 6.07 Å². The second-order valence-electron chi connectivity index (χ2n) is 3.16. The Bertz CT molecular complexity index is 379. The van der Waals surface area contributed by atoms with E-state index in [-0.39, 0.29) is 5.69 Å². The predicted molar refractivity (Wildman–Crippen MR) is 44.5 cm³/mol. The standard InChI is InChI=1S/C9H5F6NO/c10-8(11,12)7(17,9(13,14)15)5-1-3-6(16)4-2-5/h1,3,17H,16H2. The first-order valence-electron chi connectivity index (χ1n) is 4.06. The van der Waals surface area contributed by atoms with Gasteiger partial charge in [-0.3, -0.25) is 0 Å². The normalized spacial score (nSPS) is 13.4. The van der Waals surface area contributed by atoms with E-state index in [2.05, 4.69) is 0 Å². The summed E-state index contributed by atoms with van der Waals surface area (Å²) in [6, 6.07) is 4.55. The van der Waals surface area contributed by atoms with Crippen LogP contribution in [0.5, 0.6) is 0 Å². The van der Waals surface area contributed by atoms with E-state index in [1.165, 1.54) is 0 Å². The summed E-state index contributed by atoms with van der Waals surface area (Å²) >= 11 is 0. The Labute approximate surface area is 91.7 Å². The van der Waals surface area contributed by atoms with Crippen LogP contribution in [-0.2, 0) is 5.60 Å². The molecule has 8 heteroatoms. The van der Waals surface area contributed by atoms with Gasteiger partial charge in [-0.25, -0.2) is 0 Å². The van der Waals surface area contributed by atoms with Gasteiger partial charge < -0.3 is 10.8 Å². The first-order chi connectivity index (χ1) is 7.50. The monoisotopic (exact) mass is 257 g/mol. The predicted octanol–water partition coefficient (Wildman–Crippen LogP) is 2.18. The molecule has 0 atom stereocenters. The van der Waals surface area contributed by atoms with Gasteiger partial charge in [-0.1, -0.05) is 6.07 Å². The molecule has 0 fully saturated rings. The molecule has 1 aromatic carbocycles. The van der Waals surface area contributed by atoms with Crippen LogP contribution in [0.3, 0.4) is 0 Å². The fraction of sp³-hybridized carbons (Fsp3) is 0.333. The van der Waals surface area contributed by atoms with Crippen molar-refractivity contribution in [1.29, 1.82) is 0 Å². The number of nitrogens with two attached hydrogens (primary N) is 1. The summed E-state index contributed by atoms with van der Waals surface area (Å²) in [5.41, 5.74) is -1.63. The number of alkyl halides is 6. The molecule has 2 nitrogen and oxygen atoms in total. The maximum atomic E-state index is 12.4. The Kier molecular flexibility index (Phi) is 2.93. The fourth-order valence-corrected chi connectivity index (χ4v) is 1.07. The van der Waals surface area contributed by atoms with Gasteiger partial charge in [-0.2, -0.15) is 26.3 Å². The average Bonchev–Trinajstić information content (AvgIpc) is 2.14. The highest BCUT2D eigenvalue weighted by molar-refractivity contribution is 5.36. The molecule has 0 aliphatic rings. The van der Waals surface area contributed by atoms with Crippen molar-refractivity contribution in [2.45, 2.75) is 18.0 Å². The molecule has 0 radical (unpaired) electrons. The summed E-state index contributed by atoms with van der Waals surface area (Å²) < 4.78 is 74.1. The minimum atomic E-state index is -5.92. The second-order valence-corrected chi connectivity index (χ2v) is 3.16. The Morgan fingerprint density at radius 2 is 1.41 bits per heavy atom. The Morgan fingerprint density at radius 1 is 0.941 bits per heavy atom. The molecule has 3 N–H and O–H groups in total. The molecule has 0 saturated heterocycles. The van der Waals surface area contributed by atoms with Gasteiger partial charge in [-0.05, 0) is 18.2 Å². The number of hydrogen-bond donors (Lipinski definition) is 2. The molecule has 0 aromatic heterocycles. The lowest BCUT2D eigenvalue weighted by molar-refractivity contribution is -0.376. The lowest BCUT2D eigenvalue weighted by Gasteiger charge is -2.31. The SMILES string of the molecule is Nc1c#cc(C(O)(C(F)(F)F)C(F)(F)F)cc1. The molecule has 0 bridgehead atoms. The highest BCUT2D eigenvalue weighted by Gasteiger charge is 2.71. The number of anilines is 1. The maximum Gasteiger partial charge on any atom is 0.431 e. The number of rotatable bonds is 1. The van der Waals surface area contributed by atoms with Crippen LogP contribution in [0.15, 0.2) is 12.1 Å². The van der Waals surface area contributed by atoms with Gasteiger partial charge in [-0.15, -0.1) is 0 Å². The minimum absolute atomic E-state index is 0.194. The van der Waals surface area contributed by atoms with Crippen molar-refractivity contribution in [3.05, 3.63) is 29.8 Å². The molecule has 0 aliphatic heterocycles. The molecule has 0 saturated carbocycles. The summed E-state index contributed by atoms with van der Waals surface area (Å²) in [6.07, 6.45) is -11.8. The molecule has 0 aliphatic carbocycles. The zero-order valence-corrected chi connectivity index (χ0v) is 7.95. The van der Waals surface area contributed by atoms with Gasteiger partial charge in [0.2, 0.25) is 0 Å². The molecule has 94 valence electrons. The van der Waals surface area contributed by atoms with Crippen molar-refractivity contribution in [1.82, 2.24) is 0 Å².